The van der Waals surface area contributed by atoms with Gasteiger partial charge in [0.15, 0.2) is 14.8 Å². The number of aromatic nitrogens is 2. The molecule has 2 amide bonds. The largest absolute Gasteiger partial charge is 0.465 e. The van der Waals surface area contributed by atoms with Gasteiger partial charge in [-0.3, -0.25) is 14.9 Å². The summed E-state index contributed by atoms with van der Waals surface area (Å²) in [5, 5.41) is 13.4. The first-order valence-electron chi connectivity index (χ1n) is 7.96. The van der Waals surface area contributed by atoms with Crippen molar-refractivity contribution in [2.24, 2.45) is 0 Å². The van der Waals surface area contributed by atoms with Crippen molar-refractivity contribution >= 4 is 67.6 Å². The quantitative estimate of drug-likeness (QED) is 0.288. The molecule has 0 bridgehead atoms. The molecule has 2 N–H and O–H groups in total. The molecule has 0 saturated heterocycles. The maximum absolute atomic E-state index is 12.1. The zero-order valence-electron chi connectivity index (χ0n) is 14.8. The number of nitrogens with one attached hydrogen (secondary N) is 2. The normalized spacial score (nSPS) is 10.4. The number of nitrogens with zero attached hydrogens (tertiary/aromatic N) is 2. The Labute approximate surface area is 181 Å². The number of carbonyl (C=O) groups excluding carboxylic acids is 3. The molecule has 2 aromatic heterocycles. The molecule has 2 heterocycles. The van der Waals surface area contributed by atoms with E-state index in [4.69, 9.17) is 4.42 Å². The van der Waals surface area contributed by atoms with E-state index in [-0.39, 0.29) is 17.4 Å². The summed E-state index contributed by atoms with van der Waals surface area (Å²) in [4.78, 5) is 35.5. The molecule has 3 aromatic rings. The number of benzene rings is 1. The lowest BCUT2D eigenvalue weighted by Crippen LogP contribution is -2.14. The molecule has 0 unspecified atom stereocenters. The predicted molar refractivity (Wildman–Crippen MR) is 111 cm³/mol. The van der Waals surface area contributed by atoms with Crippen LogP contribution in [0.25, 0.3) is 0 Å². The molecule has 0 aliphatic heterocycles. The fraction of sp³-hybridized carbons (Fsp3) is 0.118. The SMILES string of the molecule is COC(=O)c1ccc(NC(=O)CSc2nnc(NC(=O)c3ccc(Br)o3)s2)cc1. The van der Waals surface area contributed by atoms with Gasteiger partial charge in [0.05, 0.1) is 18.4 Å². The lowest BCUT2D eigenvalue weighted by atomic mass is 10.2. The fourth-order valence-corrected chi connectivity index (χ4v) is 3.90. The Bertz CT molecular complexity index is 1030. The van der Waals surface area contributed by atoms with Crippen LogP contribution in [0.2, 0.25) is 0 Å². The van der Waals surface area contributed by atoms with Gasteiger partial charge in [0, 0.05) is 5.69 Å². The van der Waals surface area contributed by atoms with Crippen LogP contribution in [0.1, 0.15) is 20.9 Å². The number of hydrogen-bond acceptors (Lipinski definition) is 9. The van der Waals surface area contributed by atoms with Gasteiger partial charge >= 0.3 is 5.97 Å². The molecule has 0 fully saturated rings. The van der Waals surface area contributed by atoms with Crippen LogP contribution in [0.15, 0.2) is 49.8 Å². The third kappa shape index (κ3) is 5.89. The van der Waals surface area contributed by atoms with Gasteiger partial charge in [-0.2, -0.15) is 0 Å². The predicted octanol–water partition coefficient (Wildman–Crippen LogP) is 3.66. The second-order valence-electron chi connectivity index (χ2n) is 5.34. The van der Waals surface area contributed by atoms with Crippen molar-refractivity contribution in [2.45, 2.75) is 4.34 Å². The van der Waals surface area contributed by atoms with Crippen molar-refractivity contribution in [1.82, 2.24) is 10.2 Å². The molecule has 0 saturated carbocycles. The smallest absolute Gasteiger partial charge is 0.337 e. The third-order valence-electron chi connectivity index (χ3n) is 3.34. The number of furan rings is 1. The molecule has 1 aromatic carbocycles. The van der Waals surface area contributed by atoms with Crippen molar-refractivity contribution < 1.29 is 23.5 Å². The number of halogens is 1. The van der Waals surface area contributed by atoms with E-state index in [2.05, 4.69) is 41.5 Å². The summed E-state index contributed by atoms with van der Waals surface area (Å²) in [6.45, 7) is 0. The Morgan fingerprint density at radius 2 is 1.90 bits per heavy atom. The zero-order valence-corrected chi connectivity index (χ0v) is 18.0. The molecular formula is C17H13BrN4O5S2. The van der Waals surface area contributed by atoms with Gasteiger partial charge in [-0.1, -0.05) is 23.1 Å². The second-order valence-corrected chi connectivity index (χ2v) is 8.32. The van der Waals surface area contributed by atoms with E-state index >= 15 is 0 Å². The molecular weight excluding hydrogens is 484 g/mol. The minimum atomic E-state index is -0.448. The topological polar surface area (TPSA) is 123 Å². The van der Waals surface area contributed by atoms with Crippen molar-refractivity contribution in [3.8, 4) is 0 Å². The lowest BCUT2D eigenvalue weighted by Gasteiger charge is -2.05. The summed E-state index contributed by atoms with van der Waals surface area (Å²) in [7, 11) is 1.30. The molecule has 9 nitrogen and oxygen atoms in total. The number of amides is 2. The van der Waals surface area contributed by atoms with E-state index in [9.17, 15) is 14.4 Å². The van der Waals surface area contributed by atoms with Gasteiger partial charge in [-0.15, -0.1) is 10.2 Å². The molecule has 0 radical (unpaired) electrons. The summed E-state index contributed by atoms with van der Waals surface area (Å²) in [6.07, 6.45) is 0. The highest BCUT2D eigenvalue weighted by Gasteiger charge is 2.14. The summed E-state index contributed by atoms with van der Waals surface area (Å²) in [5.74, 6) is -0.901. The third-order valence-corrected chi connectivity index (χ3v) is 5.74. The van der Waals surface area contributed by atoms with Crippen molar-refractivity contribution in [3.05, 3.63) is 52.4 Å². The zero-order chi connectivity index (χ0) is 20.8. The van der Waals surface area contributed by atoms with Crippen LogP contribution in [-0.4, -0.2) is 40.8 Å². The van der Waals surface area contributed by atoms with E-state index in [1.54, 1.807) is 30.3 Å². The molecule has 150 valence electrons. The molecule has 0 aliphatic carbocycles. The van der Waals surface area contributed by atoms with Gasteiger partial charge in [0.25, 0.3) is 5.91 Å². The van der Waals surface area contributed by atoms with Crippen LogP contribution in [0.4, 0.5) is 10.8 Å². The van der Waals surface area contributed by atoms with Gasteiger partial charge in [-0.05, 0) is 52.3 Å². The second kappa shape index (κ2) is 9.67. The van der Waals surface area contributed by atoms with E-state index in [0.717, 1.165) is 11.3 Å². The average molecular weight is 497 g/mol. The summed E-state index contributed by atoms with van der Waals surface area (Å²) in [5.41, 5.74) is 0.947. The number of methoxy groups -OCH3 is 1. The number of rotatable bonds is 7. The summed E-state index contributed by atoms with van der Waals surface area (Å²) < 4.78 is 10.8. The van der Waals surface area contributed by atoms with Gasteiger partial charge < -0.3 is 14.5 Å². The summed E-state index contributed by atoms with van der Waals surface area (Å²) >= 11 is 5.45. The Kier molecular flexibility index (Phi) is 7.01. The van der Waals surface area contributed by atoms with Gasteiger partial charge in [0.2, 0.25) is 11.0 Å². The van der Waals surface area contributed by atoms with Crippen LogP contribution in [0.3, 0.4) is 0 Å². The number of hydrogen-bond donors (Lipinski definition) is 2. The number of ether oxygens (including phenoxy) is 1. The van der Waals surface area contributed by atoms with Crippen LogP contribution < -0.4 is 10.6 Å². The van der Waals surface area contributed by atoms with E-state index < -0.39 is 11.9 Å². The highest BCUT2D eigenvalue weighted by Crippen LogP contribution is 2.26. The van der Waals surface area contributed by atoms with Gasteiger partial charge in [0.1, 0.15) is 0 Å². The molecule has 12 heteroatoms. The van der Waals surface area contributed by atoms with Gasteiger partial charge in [-0.25, -0.2) is 4.79 Å². The monoisotopic (exact) mass is 496 g/mol. The first-order valence-corrected chi connectivity index (χ1v) is 10.6. The Morgan fingerprint density at radius 1 is 1.14 bits per heavy atom. The molecule has 0 atom stereocenters. The molecule has 3 rings (SSSR count). The standard InChI is InChI=1S/C17H13BrN4O5S2/c1-26-15(25)9-2-4-10(5-3-9)19-13(23)8-28-17-22-21-16(29-17)20-14(24)11-6-7-12(18)27-11/h2-7H,8H2,1H3,(H,19,23)(H,20,21,24). The molecule has 0 aliphatic rings. The van der Waals surface area contributed by atoms with E-state index in [1.165, 1.54) is 24.9 Å². The molecule has 29 heavy (non-hydrogen) atoms. The number of thioether (sulfide) groups is 1. The van der Waals surface area contributed by atoms with E-state index in [1.807, 2.05) is 0 Å². The highest BCUT2D eigenvalue weighted by molar-refractivity contribution is 9.10. The Morgan fingerprint density at radius 3 is 2.55 bits per heavy atom. The highest BCUT2D eigenvalue weighted by atomic mass is 79.9. The Balaban J connectivity index is 1.48. The minimum Gasteiger partial charge on any atom is -0.465 e. The van der Waals surface area contributed by atoms with Crippen molar-refractivity contribution in [1.29, 1.82) is 0 Å². The number of esters is 1. The van der Waals surface area contributed by atoms with Crippen molar-refractivity contribution in [2.75, 3.05) is 23.5 Å². The van der Waals surface area contributed by atoms with E-state index in [0.29, 0.717) is 25.4 Å². The minimum absolute atomic E-state index is 0.104. The number of carbonyl (C=O) groups is 3. The van der Waals surface area contributed by atoms with Crippen molar-refractivity contribution in [3.63, 3.8) is 0 Å². The Hall–Kier alpha value is -2.70. The lowest BCUT2D eigenvalue weighted by molar-refractivity contribution is -0.113. The van der Waals surface area contributed by atoms with Crippen LogP contribution in [-0.2, 0) is 9.53 Å². The average Bonchev–Trinajstić information content (AvgIpc) is 3.35. The first-order chi connectivity index (χ1) is 13.9. The summed E-state index contributed by atoms with van der Waals surface area (Å²) in [6, 6.07) is 9.48. The fourth-order valence-electron chi connectivity index (χ4n) is 2.05. The van der Waals surface area contributed by atoms with Crippen LogP contribution >= 0.6 is 39.0 Å². The van der Waals surface area contributed by atoms with Crippen LogP contribution in [0, 0.1) is 0 Å². The number of anilines is 2. The maximum Gasteiger partial charge on any atom is 0.337 e. The van der Waals surface area contributed by atoms with Crippen LogP contribution in [0.5, 0.6) is 0 Å². The maximum atomic E-state index is 12.1. The molecule has 0 spiro atoms. The first kappa shape index (κ1) is 21.0.